The first-order valence-electron chi connectivity index (χ1n) is 6.24. The number of hydrogen-bond donors (Lipinski definition) is 1. The first-order chi connectivity index (χ1) is 8.69. The van der Waals surface area contributed by atoms with Crippen molar-refractivity contribution in [1.82, 2.24) is 4.90 Å². The molecular formula is C15H18N2O. The van der Waals surface area contributed by atoms with Crippen molar-refractivity contribution < 1.29 is 4.79 Å². The van der Waals surface area contributed by atoms with Crippen molar-refractivity contribution in [3.8, 4) is 11.8 Å². The lowest BCUT2D eigenvalue weighted by Crippen LogP contribution is -2.24. The Bertz CT molecular complexity index is 499. The zero-order chi connectivity index (χ0) is 13.0. The summed E-state index contributed by atoms with van der Waals surface area (Å²) in [6, 6.07) is 7.99. The number of amides is 1. The van der Waals surface area contributed by atoms with Gasteiger partial charge < -0.3 is 10.6 Å². The normalized spacial score (nSPS) is 18.7. The Balaban J connectivity index is 2.07. The van der Waals surface area contributed by atoms with Gasteiger partial charge in [0, 0.05) is 25.1 Å². The molecule has 3 heteroatoms. The third-order valence-electron chi connectivity index (χ3n) is 3.04. The van der Waals surface area contributed by atoms with E-state index in [1.807, 2.05) is 29.2 Å². The molecule has 2 N–H and O–H groups in total. The van der Waals surface area contributed by atoms with Crippen LogP contribution in [0.1, 0.15) is 24.5 Å². The smallest absolute Gasteiger partial charge is 0.223 e. The van der Waals surface area contributed by atoms with Gasteiger partial charge in [-0.25, -0.2) is 0 Å². The summed E-state index contributed by atoms with van der Waals surface area (Å²) in [5.41, 5.74) is 7.44. The van der Waals surface area contributed by atoms with E-state index < -0.39 is 0 Å². The lowest BCUT2D eigenvalue weighted by molar-refractivity contribution is -0.128. The largest absolute Gasteiger partial charge is 0.338 e. The fraction of sp³-hybridized carbons (Fsp3) is 0.400. The topological polar surface area (TPSA) is 46.3 Å². The molecule has 1 aromatic carbocycles. The molecule has 1 amide bonds. The first kappa shape index (κ1) is 12.7. The molecular weight excluding hydrogens is 224 g/mol. The van der Waals surface area contributed by atoms with Crippen molar-refractivity contribution >= 4 is 5.91 Å². The van der Waals surface area contributed by atoms with Gasteiger partial charge in [0.15, 0.2) is 0 Å². The summed E-state index contributed by atoms with van der Waals surface area (Å²) >= 11 is 0. The van der Waals surface area contributed by atoms with Gasteiger partial charge in [-0.15, -0.1) is 0 Å². The van der Waals surface area contributed by atoms with Gasteiger partial charge in [0.05, 0.1) is 6.54 Å². The van der Waals surface area contributed by atoms with E-state index in [4.69, 9.17) is 5.73 Å². The lowest BCUT2D eigenvalue weighted by Gasteiger charge is -2.16. The summed E-state index contributed by atoms with van der Waals surface area (Å²) < 4.78 is 0. The number of nitrogens with zero attached hydrogens (tertiary/aromatic N) is 1. The monoisotopic (exact) mass is 242 g/mol. The molecule has 1 atom stereocenters. The van der Waals surface area contributed by atoms with Crippen LogP contribution >= 0.6 is 0 Å². The van der Waals surface area contributed by atoms with Crippen molar-refractivity contribution in [1.29, 1.82) is 0 Å². The minimum absolute atomic E-state index is 0.251. The second kappa shape index (κ2) is 5.70. The fourth-order valence-electron chi connectivity index (χ4n) is 2.24. The molecule has 1 aliphatic rings. The molecule has 1 saturated heterocycles. The van der Waals surface area contributed by atoms with Crippen molar-refractivity contribution in [2.24, 2.45) is 11.7 Å². The summed E-state index contributed by atoms with van der Waals surface area (Å²) in [4.78, 5) is 13.6. The lowest BCUT2D eigenvalue weighted by atomic mass is 10.1. The van der Waals surface area contributed by atoms with Gasteiger partial charge in [-0.1, -0.05) is 30.9 Å². The molecule has 2 rings (SSSR count). The number of carbonyl (C=O) groups is 1. The number of likely N-dealkylation sites (tertiary alicyclic amines) is 1. The maximum absolute atomic E-state index is 11.7. The van der Waals surface area contributed by atoms with E-state index in [1.54, 1.807) is 0 Å². The Kier molecular flexibility index (Phi) is 4.01. The van der Waals surface area contributed by atoms with Crippen LogP contribution in [0.2, 0.25) is 0 Å². The quantitative estimate of drug-likeness (QED) is 0.796. The summed E-state index contributed by atoms with van der Waals surface area (Å²) in [5.74, 6) is 6.57. The highest BCUT2D eigenvalue weighted by atomic mass is 16.2. The maximum Gasteiger partial charge on any atom is 0.223 e. The zero-order valence-electron chi connectivity index (χ0n) is 10.6. The average molecular weight is 242 g/mol. The van der Waals surface area contributed by atoms with Crippen LogP contribution in [0.15, 0.2) is 24.3 Å². The predicted molar refractivity (Wildman–Crippen MR) is 71.6 cm³/mol. The van der Waals surface area contributed by atoms with E-state index in [0.717, 1.165) is 17.7 Å². The van der Waals surface area contributed by atoms with Gasteiger partial charge in [-0.05, 0) is 23.6 Å². The molecule has 18 heavy (non-hydrogen) atoms. The number of rotatable bonds is 2. The second-order valence-corrected chi connectivity index (χ2v) is 4.79. The van der Waals surface area contributed by atoms with Crippen LogP contribution in [0.5, 0.6) is 0 Å². The predicted octanol–water partition coefficient (Wildman–Crippen LogP) is 1.37. The fourth-order valence-corrected chi connectivity index (χ4v) is 2.24. The minimum atomic E-state index is 0.251. The van der Waals surface area contributed by atoms with Gasteiger partial charge in [-0.3, -0.25) is 4.79 Å². The van der Waals surface area contributed by atoms with E-state index in [-0.39, 0.29) is 5.91 Å². The SMILES string of the molecule is CC1CC(=O)N(Cc2cccc(C#CCN)c2)C1. The summed E-state index contributed by atoms with van der Waals surface area (Å²) in [5, 5.41) is 0. The van der Waals surface area contributed by atoms with Crippen LogP contribution in [0.4, 0.5) is 0 Å². The molecule has 1 unspecified atom stereocenters. The van der Waals surface area contributed by atoms with Crippen LogP contribution in [0, 0.1) is 17.8 Å². The van der Waals surface area contributed by atoms with Crippen LogP contribution in [0.25, 0.3) is 0 Å². The molecule has 1 aromatic rings. The Morgan fingerprint density at radius 2 is 2.33 bits per heavy atom. The Labute approximate surface area is 108 Å². The molecule has 0 bridgehead atoms. The molecule has 1 fully saturated rings. The number of carbonyl (C=O) groups excluding carboxylic acids is 1. The molecule has 0 radical (unpaired) electrons. The summed E-state index contributed by atoms with van der Waals surface area (Å²) in [6.07, 6.45) is 0.673. The van der Waals surface area contributed by atoms with E-state index in [0.29, 0.717) is 25.4 Å². The standard InChI is InChI=1S/C15H18N2O/c1-12-8-15(18)17(10-12)11-14-5-2-4-13(9-14)6-3-7-16/h2,4-5,9,12H,7-8,10-11,16H2,1H3. The van der Waals surface area contributed by atoms with Crippen molar-refractivity contribution in [2.75, 3.05) is 13.1 Å². The van der Waals surface area contributed by atoms with Crippen LogP contribution in [0.3, 0.4) is 0 Å². The zero-order valence-corrected chi connectivity index (χ0v) is 10.6. The number of hydrogen-bond acceptors (Lipinski definition) is 2. The van der Waals surface area contributed by atoms with Crippen molar-refractivity contribution in [3.63, 3.8) is 0 Å². The third kappa shape index (κ3) is 3.12. The maximum atomic E-state index is 11.7. The molecule has 1 aliphatic heterocycles. The highest BCUT2D eigenvalue weighted by Crippen LogP contribution is 2.19. The molecule has 94 valence electrons. The van der Waals surface area contributed by atoms with E-state index in [1.165, 1.54) is 0 Å². The average Bonchev–Trinajstić information content (AvgIpc) is 2.66. The van der Waals surface area contributed by atoms with Gasteiger partial charge in [0.1, 0.15) is 0 Å². The van der Waals surface area contributed by atoms with Gasteiger partial charge in [0.25, 0.3) is 0 Å². The first-order valence-corrected chi connectivity index (χ1v) is 6.24. The molecule has 3 nitrogen and oxygen atoms in total. The molecule has 1 heterocycles. The second-order valence-electron chi connectivity index (χ2n) is 4.79. The van der Waals surface area contributed by atoms with Crippen molar-refractivity contribution in [3.05, 3.63) is 35.4 Å². The highest BCUT2D eigenvalue weighted by Gasteiger charge is 2.26. The minimum Gasteiger partial charge on any atom is -0.338 e. The van der Waals surface area contributed by atoms with Gasteiger partial charge in [-0.2, -0.15) is 0 Å². The van der Waals surface area contributed by atoms with Gasteiger partial charge in [0.2, 0.25) is 5.91 Å². The molecule has 0 saturated carbocycles. The Morgan fingerprint density at radius 1 is 1.50 bits per heavy atom. The molecule has 0 aromatic heterocycles. The van der Waals surface area contributed by atoms with E-state index in [2.05, 4.69) is 18.8 Å². The third-order valence-corrected chi connectivity index (χ3v) is 3.04. The Morgan fingerprint density at radius 3 is 3.00 bits per heavy atom. The van der Waals surface area contributed by atoms with E-state index in [9.17, 15) is 4.79 Å². The van der Waals surface area contributed by atoms with Crippen LogP contribution < -0.4 is 5.73 Å². The number of nitrogens with two attached hydrogens (primary N) is 1. The van der Waals surface area contributed by atoms with Crippen LogP contribution in [-0.4, -0.2) is 23.9 Å². The van der Waals surface area contributed by atoms with Crippen LogP contribution in [-0.2, 0) is 11.3 Å². The Hall–Kier alpha value is -1.79. The molecule has 0 spiro atoms. The molecule has 0 aliphatic carbocycles. The van der Waals surface area contributed by atoms with Gasteiger partial charge >= 0.3 is 0 Å². The van der Waals surface area contributed by atoms with Crippen molar-refractivity contribution in [2.45, 2.75) is 19.9 Å². The summed E-state index contributed by atoms with van der Waals surface area (Å²) in [6.45, 7) is 4.02. The summed E-state index contributed by atoms with van der Waals surface area (Å²) in [7, 11) is 0. The highest BCUT2D eigenvalue weighted by molar-refractivity contribution is 5.78. The number of benzene rings is 1. The van der Waals surface area contributed by atoms with E-state index >= 15 is 0 Å².